The minimum atomic E-state index is -1.63. The van der Waals surface area contributed by atoms with E-state index in [0.29, 0.717) is 0 Å². The topological polar surface area (TPSA) is 49.4 Å². The first-order valence-electron chi connectivity index (χ1n) is 23.8. The van der Waals surface area contributed by atoms with Crippen LogP contribution in [0.25, 0.3) is 0 Å². The van der Waals surface area contributed by atoms with Gasteiger partial charge in [0.15, 0.2) is 0 Å². The molecule has 0 aliphatic heterocycles. The van der Waals surface area contributed by atoms with Gasteiger partial charge in [-0.25, -0.2) is 0 Å². The maximum atomic E-state index is 5.40. The van der Waals surface area contributed by atoms with Crippen molar-refractivity contribution in [1.82, 2.24) is 0 Å². The SMILES string of the molecule is C[Si](C)C.C[Si](C)C.Cc1cccc(C)c1/[C](=N/[Si](C)(C)C)[Ge]/[C](=N/[Si](C)(C)C)c1c(C)cccc1C.Cc1cccc(C)c1/[C](=N\[Si](C)(C)C)[Ge]/[C](=N/[Si](C)(C)C)c1c(C)cccc1C. The van der Waals surface area contributed by atoms with Crippen LogP contribution in [-0.2, 0) is 0 Å². The van der Waals surface area contributed by atoms with E-state index in [9.17, 15) is 0 Å². The first kappa shape index (κ1) is 62.0. The summed E-state index contributed by atoms with van der Waals surface area (Å²) in [7, 11) is -6.27. The monoisotopic (exact) mass is 1110 g/mol. The van der Waals surface area contributed by atoms with Gasteiger partial charge in [-0.3, -0.25) is 0 Å². The summed E-state index contributed by atoms with van der Waals surface area (Å²) < 4.78 is 26.9. The van der Waals surface area contributed by atoms with Crippen molar-refractivity contribution in [1.29, 1.82) is 0 Å². The second-order valence-electron chi connectivity index (χ2n) is 22.8. The molecule has 0 bridgehead atoms. The van der Waals surface area contributed by atoms with E-state index in [4.69, 9.17) is 18.6 Å². The molecular weight excluding hydrogens is 1020 g/mol. The molecule has 0 atom stereocenters. The molecule has 0 spiro atoms. The third-order valence-corrected chi connectivity index (χ3v) is 19.6. The summed E-state index contributed by atoms with van der Waals surface area (Å²) >= 11 is -1.34. The quantitative estimate of drug-likeness (QED) is 0.100. The third kappa shape index (κ3) is 24.0. The molecule has 0 amide bonds. The molecule has 6 radical (unpaired) electrons. The molecule has 0 heterocycles. The first-order chi connectivity index (χ1) is 30.0. The van der Waals surface area contributed by atoms with Crippen molar-refractivity contribution in [3.8, 4) is 0 Å². The van der Waals surface area contributed by atoms with Crippen LogP contribution < -0.4 is 0 Å². The fraction of sp³-hybridized carbons (Fsp3) is 0.481. The number of hydrogen-bond donors (Lipinski definition) is 0. The number of hydrogen-bond acceptors (Lipinski definition) is 4. The zero-order valence-corrected chi connectivity index (χ0v) is 56.9. The molecular formula is C54H90Ge2N4Si6. The maximum absolute atomic E-state index is 5.40. The van der Waals surface area contributed by atoms with Crippen molar-refractivity contribution in [3.63, 3.8) is 0 Å². The standard InChI is InChI=1S/2C24H36GeN2Si2.2C3H9Si/c2*1-17-13-11-14-18(2)21(17)23(26-28(5,6)7)25-24(27-29(8,9)10)22-19(3)15-12-16-20(22)4;2*1-4(2)3/h2*11-16H,1-10H3;2*1-3H3/b26-23+,27-24+;26-23-,27-24+;;. The Kier molecular flexibility index (Phi) is 25.7. The van der Waals surface area contributed by atoms with Crippen molar-refractivity contribution in [3.05, 3.63) is 140 Å². The van der Waals surface area contributed by atoms with Crippen LogP contribution in [0.1, 0.15) is 66.8 Å². The van der Waals surface area contributed by atoms with Crippen LogP contribution in [0.15, 0.2) is 91.4 Å². The van der Waals surface area contributed by atoms with Crippen molar-refractivity contribution >= 4 is 99.6 Å². The molecule has 0 saturated heterocycles. The van der Waals surface area contributed by atoms with Crippen LogP contribution in [0.3, 0.4) is 0 Å². The molecule has 0 N–H and O–H groups in total. The van der Waals surface area contributed by atoms with Gasteiger partial charge in [0.25, 0.3) is 0 Å². The van der Waals surface area contributed by atoms with Crippen LogP contribution in [-0.4, -0.2) is 99.6 Å². The van der Waals surface area contributed by atoms with Crippen molar-refractivity contribution in [2.24, 2.45) is 18.6 Å². The van der Waals surface area contributed by atoms with Gasteiger partial charge < -0.3 is 0 Å². The van der Waals surface area contributed by atoms with Gasteiger partial charge in [-0.05, 0) is 0 Å². The fourth-order valence-electron chi connectivity index (χ4n) is 6.90. The van der Waals surface area contributed by atoms with E-state index in [1.54, 1.807) is 0 Å². The molecule has 4 rings (SSSR count). The molecule has 0 fully saturated rings. The number of benzene rings is 4. The van der Waals surface area contributed by atoms with Gasteiger partial charge in [-0.1, -0.05) is 39.3 Å². The molecule has 4 aromatic carbocycles. The number of rotatable bonds is 12. The van der Waals surface area contributed by atoms with Gasteiger partial charge in [-0.2, -0.15) is 0 Å². The van der Waals surface area contributed by atoms with Gasteiger partial charge in [0, 0.05) is 17.6 Å². The zero-order chi connectivity index (χ0) is 51.1. The van der Waals surface area contributed by atoms with E-state index in [-0.39, 0.29) is 17.6 Å². The summed E-state index contributed by atoms with van der Waals surface area (Å²) in [5.41, 5.74) is 16.1. The van der Waals surface area contributed by atoms with Crippen LogP contribution in [0, 0.1) is 55.4 Å². The molecule has 4 nitrogen and oxygen atoms in total. The van der Waals surface area contributed by atoms with Gasteiger partial charge in [0.05, 0.1) is 0 Å². The Hall–Kier alpha value is -2.05. The van der Waals surface area contributed by atoms with Crippen LogP contribution >= 0.6 is 0 Å². The summed E-state index contributed by atoms with van der Waals surface area (Å²) in [6.07, 6.45) is 0. The van der Waals surface area contributed by atoms with Crippen LogP contribution in [0.4, 0.5) is 0 Å². The molecule has 12 heteroatoms. The van der Waals surface area contributed by atoms with E-state index in [0.717, 1.165) is 0 Å². The third-order valence-electron chi connectivity index (χ3n) is 9.13. The van der Waals surface area contributed by atoms with Crippen molar-refractivity contribution in [2.75, 3.05) is 0 Å². The first-order valence-corrected chi connectivity index (χ1v) is 47.7. The number of nitrogens with zero attached hydrogens (tertiary/aromatic N) is 4. The van der Waals surface area contributed by atoms with E-state index >= 15 is 0 Å². The average molecular weight is 1110 g/mol. The molecule has 358 valence electrons. The van der Waals surface area contributed by atoms with Gasteiger partial charge in [-0.15, -0.1) is 0 Å². The fourth-order valence-corrected chi connectivity index (χ4v) is 25.4. The van der Waals surface area contributed by atoms with E-state index in [2.05, 4.69) is 246 Å². The van der Waals surface area contributed by atoms with Crippen molar-refractivity contribution in [2.45, 2.75) is 173 Å². The Bertz CT molecular complexity index is 1920. The second kappa shape index (κ2) is 27.4. The Morgan fingerprint density at radius 1 is 0.303 bits per heavy atom. The van der Waals surface area contributed by atoms with Crippen LogP contribution in [0.2, 0.25) is 118 Å². The Morgan fingerprint density at radius 3 is 0.530 bits per heavy atom. The predicted octanol–water partition coefficient (Wildman–Crippen LogP) is 15.7. The predicted molar refractivity (Wildman–Crippen MR) is 321 cm³/mol. The summed E-state index contributed by atoms with van der Waals surface area (Å²) in [6, 6.07) is 26.4. The molecule has 0 aliphatic rings. The Morgan fingerprint density at radius 2 is 0.424 bits per heavy atom. The van der Waals surface area contributed by atoms with Crippen LogP contribution in [0.5, 0.6) is 0 Å². The van der Waals surface area contributed by atoms with E-state index < -0.39 is 63.8 Å². The molecule has 0 aromatic heterocycles. The van der Waals surface area contributed by atoms with Gasteiger partial charge in [0.2, 0.25) is 0 Å². The molecule has 66 heavy (non-hydrogen) atoms. The van der Waals surface area contributed by atoms with Gasteiger partial charge in [0.1, 0.15) is 0 Å². The molecule has 0 saturated carbocycles. The second-order valence-corrected chi connectivity index (χ2v) is 52.1. The summed E-state index contributed by atoms with van der Waals surface area (Å²) in [5.74, 6) is 0. The average Bonchev–Trinajstić information content (AvgIpc) is 3.08. The minimum absolute atomic E-state index is 0.120. The molecule has 0 unspecified atom stereocenters. The van der Waals surface area contributed by atoms with Crippen molar-refractivity contribution < 1.29 is 0 Å². The summed E-state index contributed by atoms with van der Waals surface area (Å²) in [6.45, 7) is 59.4. The Labute approximate surface area is 427 Å². The summed E-state index contributed by atoms with van der Waals surface area (Å²) in [4.78, 5) is 0. The summed E-state index contributed by atoms with van der Waals surface area (Å²) in [5, 5.41) is 0. The number of aryl methyl sites for hydroxylation is 8. The normalized spacial score (nSPS) is 13.2. The van der Waals surface area contributed by atoms with Gasteiger partial charge >= 0.3 is 374 Å². The Balaban J connectivity index is 0.000000567. The van der Waals surface area contributed by atoms with E-state index in [1.807, 2.05) is 0 Å². The molecule has 0 aliphatic carbocycles. The zero-order valence-electron chi connectivity index (χ0n) is 46.7. The van der Waals surface area contributed by atoms with E-state index in [1.165, 1.54) is 84.9 Å². The molecule has 4 aromatic rings.